The Balaban J connectivity index is 1.88. The fourth-order valence-electron chi connectivity index (χ4n) is 2.83. The second kappa shape index (κ2) is 5.49. The fraction of sp³-hybridized carbons (Fsp3) is 0.235. The van der Waals surface area contributed by atoms with E-state index < -0.39 is 5.82 Å². The Morgan fingerprint density at radius 2 is 1.90 bits per heavy atom. The summed E-state index contributed by atoms with van der Waals surface area (Å²) in [5, 5.41) is 0. The van der Waals surface area contributed by atoms with E-state index >= 15 is 0 Å². The van der Waals surface area contributed by atoms with E-state index in [0.29, 0.717) is 6.42 Å². The van der Waals surface area contributed by atoms with Crippen molar-refractivity contribution >= 4 is 21.7 Å². The maximum atomic E-state index is 13.8. The topological polar surface area (TPSA) is 17.1 Å². The molecule has 102 valence electrons. The van der Waals surface area contributed by atoms with Crippen molar-refractivity contribution in [3.63, 3.8) is 0 Å². The Bertz CT molecular complexity index is 666. The van der Waals surface area contributed by atoms with Crippen LogP contribution in [0.25, 0.3) is 0 Å². The molecule has 20 heavy (non-hydrogen) atoms. The van der Waals surface area contributed by atoms with Crippen LogP contribution in [0.2, 0.25) is 0 Å². The van der Waals surface area contributed by atoms with Gasteiger partial charge in [0.2, 0.25) is 0 Å². The largest absolute Gasteiger partial charge is 0.294 e. The standard InChI is InChI=1S/C17H14BrFO/c18-14-7-8-16(19)15(10-14)17(20)13-6-5-11-3-1-2-4-12(11)9-13/h1-4,7-8,10,13H,5-6,9H2. The van der Waals surface area contributed by atoms with Crippen LogP contribution in [0.15, 0.2) is 46.9 Å². The van der Waals surface area contributed by atoms with E-state index in [0.717, 1.165) is 17.3 Å². The number of rotatable bonds is 2. The van der Waals surface area contributed by atoms with E-state index in [9.17, 15) is 9.18 Å². The molecule has 3 rings (SSSR count). The smallest absolute Gasteiger partial charge is 0.169 e. The number of aryl methyl sites for hydroxylation is 1. The summed E-state index contributed by atoms with van der Waals surface area (Å²) < 4.78 is 14.6. The van der Waals surface area contributed by atoms with Gasteiger partial charge in [-0.15, -0.1) is 0 Å². The normalized spacial score (nSPS) is 17.6. The molecule has 0 bridgehead atoms. The lowest BCUT2D eigenvalue weighted by molar-refractivity contribution is 0.0904. The first-order chi connectivity index (χ1) is 9.65. The fourth-order valence-corrected chi connectivity index (χ4v) is 3.19. The first-order valence-corrected chi connectivity index (χ1v) is 7.50. The summed E-state index contributed by atoms with van der Waals surface area (Å²) in [6.07, 6.45) is 2.39. The van der Waals surface area contributed by atoms with E-state index in [1.165, 1.54) is 17.2 Å². The molecular formula is C17H14BrFO. The highest BCUT2D eigenvalue weighted by Gasteiger charge is 2.27. The molecule has 1 nitrogen and oxygen atoms in total. The first-order valence-electron chi connectivity index (χ1n) is 6.71. The Hall–Kier alpha value is -1.48. The summed E-state index contributed by atoms with van der Waals surface area (Å²) in [7, 11) is 0. The summed E-state index contributed by atoms with van der Waals surface area (Å²) in [5.41, 5.74) is 2.72. The summed E-state index contributed by atoms with van der Waals surface area (Å²) in [5.74, 6) is -0.635. The lowest BCUT2D eigenvalue weighted by Gasteiger charge is -2.23. The van der Waals surface area contributed by atoms with Crippen LogP contribution in [-0.2, 0) is 12.8 Å². The number of halogens is 2. The molecule has 1 atom stereocenters. The second-order valence-corrected chi connectivity index (χ2v) is 6.11. The van der Waals surface area contributed by atoms with Crippen molar-refractivity contribution < 1.29 is 9.18 Å². The Kier molecular flexibility index (Phi) is 3.70. The number of hydrogen-bond acceptors (Lipinski definition) is 1. The van der Waals surface area contributed by atoms with Crippen LogP contribution in [0, 0.1) is 11.7 Å². The molecule has 0 radical (unpaired) electrons. The third-order valence-corrected chi connectivity index (χ3v) is 4.40. The Morgan fingerprint density at radius 1 is 1.15 bits per heavy atom. The average molecular weight is 333 g/mol. The monoisotopic (exact) mass is 332 g/mol. The van der Waals surface area contributed by atoms with Crippen molar-refractivity contribution in [2.45, 2.75) is 19.3 Å². The van der Waals surface area contributed by atoms with Gasteiger partial charge < -0.3 is 0 Å². The van der Waals surface area contributed by atoms with Crippen molar-refractivity contribution in [2.75, 3.05) is 0 Å². The molecule has 0 fully saturated rings. The van der Waals surface area contributed by atoms with Crippen molar-refractivity contribution in [3.05, 3.63) is 69.4 Å². The molecule has 1 aliphatic rings. The molecule has 0 N–H and O–H groups in total. The molecule has 0 saturated carbocycles. The molecule has 0 aromatic heterocycles. The minimum Gasteiger partial charge on any atom is -0.294 e. The third-order valence-electron chi connectivity index (χ3n) is 3.91. The van der Waals surface area contributed by atoms with E-state index in [4.69, 9.17) is 0 Å². The van der Waals surface area contributed by atoms with Crippen molar-refractivity contribution in [1.82, 2.24) is 0 Å². The zero-order valence-electron chi connectivity index (χ0n) is 10.9. The molecule has 0 saturated heterocycles. The zero-order valence-corrected chi connectivity index (χ0v) is 12.5. The first kappa shape index (κ1) is 13.5. The van der Waals surface area contributed by atoms with Gasteiger partial charge in [0.25, 0.3) is 0 Å². The third kappa shape index (κ3) is 2.55. The van der Waals surface area contributed by atoms with Crippen LogP contribution in [-0.4, -0.2) is 5.78 Å². The molecule has 0 spiro atoms. The number of carbonyl (C=O) groups is 1. The van der Waals surface area contributed by atoms with Gasteiger partial charge in [0.1, 0.15) is 5.82 Å². The van der Waals surface area contributed by atoms with Crippen molar-refractivity contribution in [3.8, 4) is 0 Å². The van der Waals surface area contributed by atoms with E-state index in [1.54, 1.807) is 12.1 Å². The zero-order chi connectivity index (χ0) is 14.1. The molecule has 1 aliphatic carbocycles. The van der Waals surface area contributed by atoms with Crippen LogP contribution in [0.1, 0.15) is 27.9 Å². The minimum absolute atomic E-state index is 0.0849. The number of carbonyl (C=O) groups excluding carboxylic acids is 1. The maximum absolute atomic E-state index is 13.8. The maximum Gasteiger partial charge on any atom is 0.169 e. The minimum atomic E-state index is -0.433. The van der Waals surface area contributed by atoms with Crippen LogP contribution in [0.5, 0.6) is 0 Å². The van der Waals surface area contributed by atoms with Gasteiger partial charge in [0.15, 0.2) is 5.78 Å². The van der Waals surface area contributed by atoms with Gasteiger partial charge in [-0.05, 0) is 48.6 Å². The number of fused-ring (bicyclic) bond motifs is 1. The molecule has 0 heterocycles. The van der Waals surface area contributed by atoms with E-state index in [2.05, 4.69) is 28.1 Å². The van der Waals surface area contributed by atoms with Crippen molar-refractivity contribution in [2.24, 2.45) is 5.92 Å². The van der Waals surface area contributed by atoms with Crippen LogP contribution in [0.3, 0.4) is 0 Å². The van der Waals surface area contributed by atoms with Gasteiger partial charge >= 0.3 is 0 Å². The number of hydrogen-bond donors (Lipinski definition) is 0. The highest BCUT2D eigenvalue weighted by atomic mass is 79.9. The summed E-state index contributed by atoms with van der Waals surface area (Å²) in [4.78, 5) is 12.5. The highest BCUT2D eigenvalue weighted by molar-refractivity contribution is 9.10. The van der Waals surface area contributed by atoms with Gasteiger partial charge in [-0.3, -0.25) is 4.79 Å². The average Bonchev–Trinajstić information content (AvgIpc) is 2.48. The van der Waals surface area contributed by atoms with Gasteiger partial charge in [0.05, 0.1) is 5.56 Å². The lowest BCUT2D eigenvalue weighted by atomic mass is 9.80. The van der Waals surface area contributed by atoms with Crippen LogP contribution in [0.4, 0.5) is 4.39 Å². The number of benzene rings is 2. The summed E-state index contributed by atoms with van der Waals surface area (Å²) in [6.45, 7) is 0. The number of Topliss-reactive ketones (excluding diaryl/α,β-unsaturated/α-hetero) is 1. The molecular weight excluding hydrogens is 319 g/mol. The van der Waals surface area contributed by atoms with Gasteiger partial charge in [-0.1, -0.05) is 40.2 Å². The molecule has 0 aliphatic heterocycles. The summed E-state index contributed by atoms with van der Waals surface area (Å²) in [6, 6.07) is 12.7. The van der Waals surface area contributed by atoms with E-state index in [-0.39, 0.29) is 17.3 Å². The van der Waals surface area contributed by atoms with Crippen LogP contribution < -0.4 is 0 Å². The molecule has 2 aromatic carbocycles. The SMILES string of the molecule is O=C(c1cc(Br)ccc1F)C1CCc2ccccc2C1. The van der Waals surface area contributed by atoms with Gasteiger partial charge in [-0.2, -0.15) is 0 Å². The molecule has 2 aromatic rings. The molecule has 1 unspecified atom stereocenters. The Labute approximate surface area is 126 Å². The van der Waals surface area contributed by atoms with Gasteiger partial charge in [-0.25, -0.2) is 4.39 Å². The molecule has 0 amide bonds. The Morgan fingerprint density at radius 3 is 2.70 bits per heavy atom. The predicted octanol–water partition coefficient (Wildman–Crippen LogP) is 4.58. The van der Waals surface area contributed by atoms with Gasteiger partial charge in [0, 0.05) is 10.4 Å². The second-order valence-electron chi connectivity index (χ2n) is 5.20. The number of ketones is 1. The summed E-state index contributed by atoms with van der Waals surface area (Å²) >= 11 is 3.30. The lowest BCUT2D eigenvalue weighted by Crippen LogP contribution is -2.23. The predicted molar refractivity (Wildman–Crippen MR) is 80.4 cm³/mol. The van der Waals surface area contributed by atoms with Crippen molar-refractivity contribution in [1.29, 1.82) is 0 Å². The highest BCUT2D eigenvalue weighted by Crippen LogP contribution is 2.29. The quantitative estimate of drug-likeness (QED) is 0.736. The van der Waals surface area contributed by atoms with Crippen LogP contribution >= 0.6 is 15.9 Å². The molecule has 3 heteroatoms. The van der Waals surface area contributed by atoms with E-state index in [1.807, 2.05) is 12.1 Å².